The smallest absolute Gasteiger partial charge is 0.321 e. The Labute approximate surface area is 174 Å². The van der Waals surface area contributed by atoms with Crippen molar-refractivity contribution in [1.82, 2.24) is 4.98 Å². The molecule has 0 saturated carbocycles. The first-order valence-corrected chi connectivity index (χ1v) is 9.81. The average Bonchev–Trinajstić information content (AvgIpc) is 2.74. The molecule has 2 heterocycles. The van der Waals surface area contributed by atoms with Crippen molar-refractivity contribution < 1.29 is 29.4 Å². The van der Waals surface area contributed by atoms with E-state index in [0.717, 1.165) is 18.8 Å². The van der Waals surface area contributed by atoms with Gasteiger partial charge >= 0.3 is 5.97 Å². The molecule has 1 aromatic carbocycles. The number of carbonyl (C=O) groups is 2. The Hall–Kier alpha value is -3.17. The molecular weight excluding hydrogens is 390 g/mol. The molecule has 1 amide bonds. The van der Waals surface area contributed by atoms with E-state index in [-0.39, 0.29) is 28.8 Å². The highest BCUT2D eigenvalue weighted by atomic mass is 16.5. The van der Waals surface area contributed by atoms with Crippen molar-refractivity contribution in [2.75, 3.05) is 29.7 Å². The molecule has 30 heavy (non-hydrogen) atoms. The van der Waals surface area contributed by atoms with Crippen LogP contribution in [0.3, 0.4) is 0 Å². The van der Waals surface area contributed by atoms with E-state index < -0.39 is 23.9 Å². The van der Waals surface area contributed by atoms with Crippen LogP contribution >= 0.6 is 0 Å². The van der Waals surface area contributed by atoms with Crippen LogP contribution in [0.2, 0.25) is 0 Å². The first kappa shape index (κ1) is 21.5. The fourth-order valence-electron chi connectivity index (χ4n) is 3.37. The highest BCUT2D eigenvalue weighted by Crippen LogP contribution is 2.39. The Kier molecular flexibility index (Phi) is 6.53. The Morgan fingerprint density at radius 3 is 2.43 bits per heavy atom. The molecule has 3 rings (SSSR count). The van der Waals surface area contributed by atoms with Crippen molar-refractivity contribution in [2.45, 2.75) is 26.9 Å². The van der Waals surface area contributed by atoms with Gasteiger partial charge in [0.05, 0.1) is 12.8 Å². The van der Waals surface area contributed by atoms with Crippen LogP contribution in [-0.4, -0.2) is 46.9 Å². The largest absolute Gasteiger partial charge is 0.465 e. The molecule has 1 aliphatic rings. The fraction of sp³-hybridized carbons (Fsp3) is 0.381. The number of fused-ring (bicyclic) bond motifs is 1. The molecule has 0 aliphatic carbocycles. The number of aliphatic hydroxyl groups is 1. The summed E-state index contributed by atoms with van der Waals surface area (Å²) in [5.41, 5.74) is 1.16. The van der Waals surface area contributed by atoms with Gasteiger partial charge in [-0.3, -0.25) is 14.8 Å². The zero-order valence-electron chi connectivity index (χ0n) is 17.1. The van der Waals surface area contributed by atoms with Crippen molar-refractivity contribution in [3.05, 3.63) is 42.1 Å². The van der Waals surface area contributed by atoms with Crippen molar-refractivity contribution >= 4 is 23.4 Å². The van der Waals surface area contributed by atoms with E-state index in [4.69, 9.17) is 9.47 Å². The van der Waals surface area contributed by atoms with Crippen LogP contribution in [0.25, 0.3) is 0 Å². The van der Waals surface area contributed by atoms with Crippen molar-refractivity contribution in [3.8, 4) is 11.5 Å². The first-order chi connectivity index (χ1) is 14.4. The predicted octanol–water partition coefficient (Wildman–Crippen LogP) is 2.67. The number of rotatable bonds is 7. The lowest BCUT2D eigenvalue weighted by atomic mass is 9.91. The van der Waals surface area contributed by atoms with E-state index in [2.05, 4.69) is 23.7 Å². The number of amides is 1. The number of carbonyl (C=O) groups excluding carboxylic acids is 2. The summed E-state index contributed by atoms with van der Waals surface area (Å²) in [6.45, 7) is 7.57. The third-order valence-electron chi connectivity index (χ3n) is 4.92. The molecule has 2 atom stereocenters. The van der Waals surface area contributed by atoms with Gasteiger partial charge in [-0.1, -0.05) is 0 Å². The molecule has 0 saturated heterocycles. The van der Waals surface area contributed by atoms with Crippen LogP contribution in [-0.2, 0) is 14.3 Å². The van der Waals surface area contributed by atoms with Crippen molar-refractivity contribution in [3.63, 3.8) is 0 Å². The molecule has 0 spiro atoms. The van der Waals surface area contributed by atoms with Gasteiger partial charge in [0.2, 0.25) is 0 Å². The highest BCUT2D eigenvalue weighted by molar-refractivity contribution is 6.07. The summed E-state index contributed by atoms with van der Waals surface area (Å²) in [7, 11) is 0. The van der Waals surface area contributed by atoms with Crippen LogP contribution in [0.15, 0.2) is 36.5 Å². The van der Waals surface area contributed by atoms with Crippen molar-refractivity contribution in [2.24, 2.45) is 5.92 Å². The molecule has 0 radical (unpaired) electrons. The summed E-state index contributed by atoms with van der Waals surface area (Å²) in [6.07, 6.45) is -0.193. The number of ether oxygens (including phenoxy) is 2. The summed E-state index contributed by atoms with van der Waals surface area (Å²) >= 11 is 0. The molecule has 160 valence electrons. The van der Waals surface area contributed by atoms with Crippen molar-refractivity contribution in [1.29, 1.82) is 0 Å². The maximum absolute atomic E-state index is 12.3. The predicted molar refractivity (Wildman–Crippen MR) is 109 cm³/mol. The lowest BCUT2D eigenvalue weighted by Crippen LogP contribution is -2.46. The topological polar surface area (TPSA) is 112 Å². The maximum atomic E-state index is 12.3. The second kappa shape index (κ2) is 9.10. The minimum Gasteiger partial charge on any atom is -0.465 e. The van der Waals surface area contributed by atoms with E-state index in [1.807, 2.05) is 24.3 Å². The average molecular weight is 415 g/mol. The molecule has 2 aromatic rings. The van der Waals surface area contributed by atoms with Gasteiger partial charge in [0.25, 0.3) is 5.91 Å². The monoisotopic (exact) mass is 415 g/mol. The number of pyridine rings is 1. The van der Waals surface area contributed by atoms with E-state index in [1.54, 1.807) is 6.92 Å². The molecule has 0 fully saturated rings. The van der Waals surface area contributed by atoms with E-state index in [0.29, 0.717) is 5.75 Å². The quantitative estimate of drug-likeness (QED) is 0.403. The number of aromatic nitrogens is 1. The van der Waals surface area contributed by atoms with Gasteiger partial charge in [-0.25, -0.2) is 4.98 Å². The number of anilines is 2. The van der Waals surface area contributed by atoms with E-state index in [1.165, 1.54) is 12.3 Å². The van der Waals surface area contributed by atoms with Crippen LogP contribution < -0.4 is 14.7 Å². The van der Waals surface area contributed by atoms with E-state index >= 15 is 0 Å². The second-order valence-corrected chi connectivity index (χ2v) is 6.68. The number of hydrogen-bond donors (Lipinski definition) is 2. The highest BCUT2D eigenvalue weighted by Gasteiger charge is 2.46. The maximum Gasteiger partial charge on any atom is 0.321 e. The fourth-order valence-corrected chi connectivity index (χ4v) is 3.37. The molecule has 2 N–H and O–H groups in total. The number of hydrogen-bond acceptors (Lipinski definition) is 8. The van der Waals surface area contributed by atoms with Gasteiger partial charge in [-0.2, -0.15) is 5.06 Å². The second-order valence-electron chi connectivity index (χ2n) is 6.68. The van der Waals surface area contributed by atoms with Crippen LogP contribution in [0.4, 0.5) is 11.5 Å². The molecule has 9 nitrogen and oxygen atoms in total. The summed E-state index contributed by atoms with van der Waals surface area (Å²) in [5, 5.41) is 20.9. The van der Waals surface area contributed by atoms with Gasteiger partial charge in [-0.15, -0.1) is 0 Å². The number of hydroxylamine groups is 1. The van der Waals surface area contributed by atoms with Gasteiger partial charge in [0.15, 0.2) is 11.7 Å². The number of aliphatic hydroxyl groups excluding tert-OH is 1. The van der Waals surface area contributed by atoms with Gasteiger partial charge in [0, 0.05) is 24.3 Å². The zero-order valence-corrected chi connectivity index (χ0v) is 17.1. The van der Waals surface area contributed by atoms with E-state index in [9.17, 15) is 19.9 Å². The molecular formula is C21H25N3O6. The first-order valence-electron chi connectivity index (χ1n) is 9.81. The van der Waals surface area contributed by atoms with Crippen LogP contribution in [0.5, 0.6) is 11.5 Å². The third-order valence-corrected chi connectivity index (χ3v) is 4.92. The Bertz CT molecular complexity index is 913. The van der Waals surface area contributed by atoms with Crippen LogP contribution in [0.1, 0.15) is 32.4 Å². The number of nitrogens with zero attached hydrogens (tertiary/aromatic N) is 3. The Balaban J connectivity index is 1.85. The normalized spacial score (nSPS) is 18.0. The lowest BCUT2D eigenvalue weighted by Gasteiger charge is -2.31. The SMILES string of the molecule is CCOC(=O)C1C(=O)N(O)c2ncc(Oc3ccc(N(CC)CC)cc3)cc2C1O. The molecule has 9 heteroatoms. The van der Waals surface area contributed by atoms with Gasteiger partial charge in [0.1, 0.15) is 17.6 Å². The zero-order chi connectivity index (χ0) is 21.8. The summed E-state index contributed by atoms with van der Waals surface area (Å²) in [4.78, 5) is 30.6. The minimum absolute atomic E-state index is 0.0402. The van der Waals surface area contributed by atoms with Crippen LogP contribution in [0, 0.1) is 5.92 Å². The lowest BCUT2D eigenvalue weighted by molar-refractivity contribution is -0.158. The summed E-state index contributed by atoms with van der Waals surface area (Å²) in [5.74, 6) is -2.81. The summed E-state index contributed by atoms with van der Waals surface area (Å²) in [6, 6.07) is 8.94. The number of esters is 1. The number of benzene rings is 1. The Morgan fingerprint density at radius 1 is 1.17 bits per heavy atom. The molecule has 0 bridgehead atoms. The minimum atomic E-state index is -1.58. The van der Waals surface area contributed by atoms with Gasteiger partial charge in [-0.05, 0) is 51.1 Å². The molecule has 1 aliphatic heterocycles. The third kappa shape index (κ3) is 4.07. The Morgan fingerprint density at radius 2 is 1.83 bits per heavy atom. The summed E-state index contributed by atoms with van der Waals surface area (Å²) < 4.78 is 10.7. The molecule has 2 unspecified atom stereocenters. The molecule has 1 aromatic heterocycles. The standard InChI is InChI=1S/C21H25N3O6/c1-4-23(5-2)13-7-9-14(10-8-13)30-15-11-16-18(25)17(21(27)29-6-3)20(26)24(28)19(16)22-12-15/h7-12,17-18,25,28H,4-6H2,1-3H3. The van der Waals surface area contributed by atoms with Gasteiger partial charge < -0.3 is 19.5 Å².